The molecule has 1 N–H and O–H groups in total. The number of aryl methyl sites for hydroxylation is 1. The highest BCUT2D eigenvalue weighted by molar-refractivity contribution is 14.1. The van der Waals surface area contributed by atoms with Gasteiger partial charge in [0.05, 0.1) is 5.69 Å². The van der Waals surface area contributed by atoms with Gasteiger partial charge in [0.2, 0.25) is 0 Å². The molecule has 116 valence electrons. The second-order valence-electron chi connectivity index (χ2n) is 4.94. The Morgan fingerprint density at radius 1 is 1.09 bits per heavy atom. The minimum Gasteiger partial charge on any atom is -0.451 e. The molecule has 1 aliphatic rings. The number of carbonyl (C=O) groups excluding carboxylic acids is 3. The van der Waals surface area contributed by atoms with Crippen LogP contribution >= 0.6 is 22.6 Å². The minimum absolute atomic E-state index is 0.157. The van der Waals surface area contributed by atoms with Gasteiger partial charge in [0.15, 0.2) is 3.77 Å². The Hall–Kier alpha value is -2.42. The zero-order valence-corrected chi connectivity index (χ0v) is 14.2. The predicted octanol–water partition coefficient (Wildman–Crippen LogP) is 2.86. The lowest BCUT2D eigenvalue weighted by Gasteiger charge is -2.26. The number of benzene rings is 1. The largest absolute Gasteiger partial charge is 0.451 e. The van der Waals surface area contributed by atoms with Crippen LogP contribution in [0.3, 0.4) is 0 Å². The first-order valence-electron chi connectivity index (χ1n) is 6.69. The van der Waals surface area contributed by atoms with Crippen molar-refractivity contribution >= 4 is 52.2 Å². The van der Waals surface area contributed by atoms with Crippen LogP contribution in [-0.2, 0) is 9.59 Å². The summed E-state index contributed by atoms with van der Waals surface area (Å²) in [6.07, 6.45) is 1.33. The second kappa shape index (κ2) is 5.99. The van der Waals surface area contributed by atoms with Gasteiger partial charge in [-0.3, -0.25) is 14.9 Å². The summed E-state index contributed by atoms with van der Waals surface area (Å²) in [5, 5.41) is 2.17. The summed E-state index contributed by atoms with van der Waals surface area (Å²) in [4.78, 5) is 37.5. The van der Waals surface area contributed by atoms with Gasteiger partial charge in [-0.15, -0.1) is 0 Å². The van der Waals surface area contributed by atoms with Crippen LogP contribution in [0.2, 0.25) is 0 Å². The molecule has 23 heavy (non-hydrogen) atoms. The molecule has 0 spiro atoms. The number of barbiturate groups is 1. The van der Waals surface area contributed by atoms with Crippen LogP contribution in [0.4, 0.5) is 10.5 Å². The van der Waals surface area contributed by atoms with E-state index in [2.05, 4.69) is 5.32 Å². The van der Waals surface area contributed by atoms with Gasteiger partial charge in [-0.05, 0) is 59.9 Å². The molecule has 0 radical (unpaired) electrons. The van der Waals surface area contributed by atoms with Gasteiger partial charge in [-0.1, -0.05) is 17.7 Å². The third-order valence-electron chi connectivity index (χ3n) is 3.27. The average Bonchev–Trinajstić information content (AvgIpc) is 2.91. The number of hydrogen-bond donors (Lipinski definition) is 1. The fourth-order valence-electron chi connectivity index (χ4n) is 2.13. The van der Waals surface area contributed by atoms with Crippen molar-refractivity contribution in [1.82, 2.24) is 5.32 Å². The van der Waals surface area contributed by atoms with Crippen molar-refractivity contribution in [3.63, 3.8) is 0 Å². The maximum Gasteiger partial charge on any atom is 0.335 e. The number of halogens is 1. The molecule has 1 aromatic heterocycles. The lowest BCUT2D eigenvalue weighted by atomic mass is 10.1. The van der Waals surface area contributed by atoms with E-state index in [4.69, 9.17) is 4.42 Å². The van der Waals surface area contributed by atoms with E-state index in [-0.39, 0.29) is 5.57 Å². The number of amides is 4. The number of hydrogen-bond acceptors (Lipinski definition) is 4. The van der Waals surface area contributed by atoms with Crippen molar-refractivity contribution in [3.05, 3.63) is 57.1 Å². The molecule has 1 saturated heterocycles. The van der Waals surface area contributed by atoms with Crippen LogP contribution in [0.1, 0.15) is 11.3 Å². The average molecular weight is 422 g/mol. The van der Waals surface area contributed by atoms with Gasteiger partial charge in [-0.2, -0.15) is 0 Å². The highest BCUT2D eigenvalue weighted by atomic mass is 127. The third-order valence-corrected chi connectivity index (χ3v) is 3.85. The van der Waals surface area contributed by atoms with E-state index in [1.807, 2.05) is 29.5 Å². The van der Waals surface area contributed by atoms with Crippen LogP contribution in [0.25, 0.3) is 6.08 Å². The van der Waals surface area contributed by atoms with Gasteiger partial charge < -0.3 is 4.42 Å². The molecule has 2 aromatic rings. The van der Waals surface area contributed by atoms with E-state index in [1.54, 1.807) is 36.4 Å². The van der Waals surface area contributed by atoms with Crippen LogP contribution in [0.5, 0.6) is 0 Å². The molecule has 0 unspecified atom stereocenters. The summed E-state index contributed by atoms with van der Waals surface area (Å²) in [6.45, 7) is 1.90. The number of carbonyl (C=O) groups is 3. The molecule has 6 nitrogen and oxygen atoms in total. The second-order valence-corrected chi connectivity index (χ2v) is 6.00. The molecular weight excluding hydrogens is 411 g/mol. The minimum atomic E-state index is -0.768. The maximum absolute atomic E-state index is 12.6. The first-order valence-corrected chi connectivity index (χ1v) is 7.77. The molecule has 0 atom stereocenters. The molecule has 7 heteroatoms. The summed E-state index contributed by atoms with van der Waals surface area (Å²) < 4.78 is 5.97. The van der Waals surface area contributed by atoms with Gasteiger partial charge in [0.25, 0.3) is 11.8 Å². The molecule has 1 aromatic carbocycles. The van der Waals surface area contributed by atoms with Gasteiger partial charge in [0, 0.05) is 0 Å². The molecule has 3 rings (SSSR count). The Kier molecular flexibility index (Phi) is 4.03. The summed E-state index contributed by atoms with van der Waals surface area (Å²) in [7, 11) is 0. The zero-order valence-electron chi connectivity index (χ0n) is 12.0. The van der Waals surface area contributed by atoms with Crippen LogP contribution in [0, 0.1) is 10.7 Å². The molecule has 0 saturated carbocycles. The van der Waals surface area contributed by atoms with Crippen molar-refractivity contribution in [1.29, 1.82) is 0 Å². The number of nitrogens with one attached hydrogen (secondary N) is 1. The monoisotopic (exact) mass is 422 g/mol. The van der Waals surface area contributed by atoms with Crippen molar-refractivity contribution in [3.8, 4) is 0 Å². The summed E-state index contributed by atoms with van der Waals surface area (Å²) in [6, 6.07) is 9.44. The Morgan fingerprint density at radius 3 is 2.39 bits per heavy atom. The third kappa shape index (κ3) is 3.04. The summed E-state index contributed by atoms with van der Waals surface area (Å²) in [5.41, 5.74) is 1.23. The van der Waals surface area contributed by atoms with Crippen molar-refractivity contribution in [2.75, 3.05) is 4.90 Å². The Bertz CT molecular complexity index is 836. The lowest BCUT2D eigenvalue weighted by Crippen LogP contribution is -2.54. The Balaban J connectivity index is 2.00. The van der Waals surface area contributed by atoms with Gasteiger partial charge in [0.1, 0.15) is 11.3 Å². The molecule has 1 aliphatic heterocycles. The fraction of sp³-hybridized carbons (Fsp3) is 0.0625. The van der Waals surface area contributed by atoms with E-state index < -0.39 is 17.8 Å². The Labute approximate surface area is 145 Å². The normalized spacial score (nSPS) is 16.9. The molecule has 2 heterocycles. The highest BCUT2D eigenvalue weighted by Crippen LogP contribution is 2.23. The Morgan fingerprint density at radius 2 is 1.78 bits per heavy atom. The quantitative estimate of drug-likeness (QED) is 0.459. The lowest BCUT2D eigenvalue weighted by molar-refractivity contribution is -0.122. The smallest absolute Gasteiger partial charge is 0.335 e. The van der Waals surface area contributed by atoms with E-state index in [9.17, 15) is 14.4 Å². The number of anilines is 1. The van der Waals surface area contributed by atoms with E-state index in [0.717, 1.165) is 10.5 Å². The van der Waals surface area contributed by atoms with E-state index >= 15 is 0 Å². The number of urea groups is 1. The first-order chi connectivity index (χ1) is 11.0. The SMILES string of the molecule is Cc1ccc(N2C(=O)NC(=O)/C(=C/c3ccc(I)o3)C2=O)cc1. The number of imide groups is 2. The van der Waals surface area contributed by atoms with E-state index in [0.29, 0.717) is 15.2 Å². The number of rotatable bonds is 2. The number of furan rings is 1. The summed E-state index contributed by atoms with van der Waals surface area (Å²) >= 11 is 1.98. The standard InChI is InChI=1S/C16H11IN2O4/c1-9-2-4-10(5-3-9)19-15(21)12(14(20)18-16(19)22)8-11-6-7-13(17)23-11/h2-8H,1H3,(H,18,20,22)/b12-8-. The number of nitrogens with zero attached hydrogens (tertiary/aromatic N) is 1. The molecule has 1 fully saturated rings. The van der Waals surface area contributed by atoms with E-state index in [1.165, 1.54) is 6.08 Å². The van der Waals surface area contributed by atoms with Crippen molar-refractivity contribution < 1.29 is 18.8 Å². The zero-order chi connectivity index (χ0) is 16.6. The maximum atomic E-state index is 12.6. The predicted molar refractivity (Wildman–Crippen MR) is 91.6 cm³/mol. The van der Waals surface area contributed by atoms with Gasteiger partial charge in [-0.25, -0.2) is 9.69 Å². The van der Waals surface area contributed by atoms with Crippen molar-refractivity contribution in [2.45, 2.75) is 6.92 Å². The molecule has 4 amide bonds. The van der Waals surface area contributed by atoms with Crippen LogP contribution < -0.4 is 10.2 Å². The fourth-order valence-corrected chi connectivity index (χ4v) is 2.57. The topological polar surface area (TPSA) is 79.6 Å². The van der Waals surface area contributed by atoms with Crippen LogP contribution in [-0.4, -0.2) is 17.8 Å². The van der Waals surface area contributed by atoms with Gasteiger partial charge >= 0.3 is 6.03 Å². The molecular formula is C16H11IN2O4. The van der Waals surface area contributed by atoms with Crippen molar-refractivity contribution in [2.24, 2.45) is 0 Å². The first kappa shape index (κ1) is 15.5. The highest BCUT2D eigenvalue weighted by Gasteiger charge is 2.36. The van der Waals surface area contributed by atoms with Crippen LogP contribution in [0.15, 0.2) is 46.4 Å². The molecule has 0 aliphatic carbocycles. The molecule has 0 bridgehead atoms. The summed E-state index contributed by atoms with van der Waals surface area (Å²) in [5.74, 6) is -1.06.